The van der Waals surface area contributed by atoms with Crippen molar-refractivity contribution in [2.75, 3.05) is 7.11 Å². The van der Waals surface area contributed by atoms with Crippen molar-refractivity contribution in [1.82, 2.24) is 10.2 Å². The Labute approximate surface area is 149 Å². The van der Waals surface area contributed by atoms with Crippen molar-refractivity contribution in [3.05, 3.63) is 71.7 Å². The largest absolute Gasteiger partial charge is 0.497 e. The minimum Gasteiger partial charge on any atom is -0.497 e. The molecule has 0 unspecified atom stereocenters. The highest BCUT2D eigenvalue weighted by Gasteiger charge is 2.35. The summed E-state index contributed by atoms with van der Waals surface area (Å²) in [5.74, 6) is -0.227. The molecule has 26 heavy (non-hydrogen) atoms. The van der Waals surface area contributed by atoms with Crippen molar-refractivity contribution in [2.45, 2.75) is 6.54 Å². The fourth-order valence-corrected chi connectivity index (χ4v) is 2.39. The molecule has 0 radical (unpaired) electrons. The van der Waals surface area contributed by atoms with Gasteiger partial charge >= 0.3 is 6.03 Å². The number of imide groups is 2. The summed E-state index contributed by atoms with van der Waals surface area (Å²) in [7, 11) is 1.58. The van der Waals surface area contributed by atoms with Gasteiger partial charge in [0.05, 0.1) is 19.9 Å². The molecular formula is C19H16N2O5. The SMILES string of the molecule is COc1ccc(/C=C/C=C2\C(=O)NC(=O)N(Cc3ccco3)C2=O)cc1. The number of urea groups is 1. The Morgan fingerprint density at radius 2 is 1.92 bits per heavy atom. The van der Waals surface area contributed by atoms with Crippen LogP contribution in [-0.2, 0) is 16.1 Å². The van der Waals surface area contributed by atoms with Crippen LogP contribution >= 0.6 is 0 Å². The normalized spacial score (nSPS) is 16.4. The van der Waals surface area contributed by atoms with Crippen LogP contribution < -0.4 is 10.1 Å². The van der Waals surface area contributed by atoms with E-state index in [0.29, 0.717) is 5.76 Å². The molecule has 1 saturated heterocycles. The van der Waals surface area contributed by atoms with Crippen LogP contribution in [-0.4, -0.2) is 29.9 Å². The fourth-order valence-electron chi connectivity index (χ4n) is 2.39. The summed E-state index contributed by atoms with van der Waals surface area (Å²) in [6, 6.07) is 9.80. The van der Waals surface area contributed by atoms with Crippen molar-refractivity contribution < 1.29 is 23.5 Å². The topological polar surface area (TPSA) is 88.8 Å². The number of carbonyl (C=O) groups excluding carboxylic acids is 3. The van der Waals surface area contributed by atoms with E-state index in [1.54, 1.807) is 43.5 Å². The molecule has 2 aromatic rings. The highest BCUT2D eigenvalue weighted by atomic mass is 16.5. The number of benzene rings is 1. The van der Waals surface area contributed by atoms with Gasteiger partial charge in [0.1, 0.15) is 17.1 Å². The summed E-state index contributed by atoms with van der Waals surface area (Å²) >= 11 is 0. The summed E-state index contributed by atoms with van der Waals surface area (Å²) in [5.41, 5.74) is 0.746. The number of ether oxygens (including phenoxy) is 1. The maximum Gasteiger partial charge on any atom is 0.331 e. The highest BCUT2D eigenvalue weighted by molar-refractivity contribution is 6.28. The molecule has 1 aliphatic heterocycles. The number of methoxy groups -OCH3 is 1. The van der Waals surface area contributed by atoms with E-state index in [2.05, 4.69) is 5.32 Å². The second kappa shape index (κ2) is 7.52. The van der Waals surface area contributed by atoms with Crippen molar-refractivity contribution in [3.63, 3.8) is 0 Å². The van der Waals surface area contributed by atoms with Crippen molar-refractivity contribution >= 4 is 23.9 Å². The van der Waals surface area contributed by atoms with Crippen LogP contribution in [0.25, 0.3) is 6.08 Å². The van der Waals surface area contributed by atoms with Gasteiger partial charge in [0.25, 0.3) is 11.8 Å². The molecule has 1 fully saturated rings. The molecule has 0 aliphatic carbocycles. The zero-order chi connectivity index (χ0) is 18.5. The van der Waals surface area contributed by atoms with Gasteiger partial charge < -0.3 is 9.15 Å². The molecule has 1 aromatic heterocycles. The van der Waals surface area contributed by atoms with Gasteiger partial charge in [0.2, 0.25) is 0 Å². The summed E-state index contributed by atoms with van der Waals surface area (Å²) < 4.78 is 10.2. The Bertz CT molecular complexity index is 879. The van der Waals surface area contributed by atoms with Gasteiger partial charge in [-0.05, 0) is 35.9 Å². The van der Waals surface area contributed by atoms with Gasteiger partial charge in [-0.25, -0.2) is 4.79 Å². The van der Waals surface area contributed by atoms with E-state index in [0.717, 1.165) is 16.2 Å². The number of rotatable bonds is 5. The van der Waals surface area contributed by atoms with Gasteiger partial charge in [0.15, 0.2) is 0 Å². The zero-order valence-corrected chi connectivity index (χ0v) is 14.0. The second-order valence-electron chi connectivity index (χ2n) is 5.44. The third-order valence-corrected chi connectivity index (χ3v) is 3.75. The number of furan rings is 1. The minimum atomic E-state index is -0.771. The molecule has 3 rings (SSSR count). The monoisotopic (exact) mass is 352 g/mol. The molecule has 0 spiro atoms. The Morgan fingerprint density at radius 3 is 2.58 bits per heavy atom. The molecule has 0 bridgehead atoms. The first kappa shape index (κ1) is 17.2. The van der Waals surface area contributed by atoms with Crippen LogP contribution in [0.3, 0.4) is 0 Å². The van der Waals surface area contributed by atoms with Crippen LogP contribution in [0.4, 0.5) is 4.79 Å². The molecule has 1 N–H and O–H groups in total. The van der Waals surface area contributed by atoms with Crippen molar-refractivity contribution in [3.8, 4) is 5.75 Å². The lowest BCUT2D eigenvalue weighted by atomic mass is 10.1. The van der Waals surface area contributed by atoms with Gasteiger partial charge in [0, 0.05) is 0 Å². The molecule has 1 aliphatic rings. The molecule has 132 valence electrons. The van der Waals surface area contributed by atoms with Gasteiger partial charge in [-0.3, -0.25) is 19.8 Å². The number of allylic oxidation sites excluding steroid dienone is 2. The number of hydrogen-bond acceptors (Lipinski definition) is 5. The maximum absolute atomic E-state index is 12.5. The zero-order valence-electron chi connectivity index (χ0n) is 14.0. The summed E-state index contributed by atoms with van der Waals surface area (Å²) in [6.07, 6.45) is 6.14. The van der Waals surface area contributed by atoms with E-state index >= 15 is 0 Å². The number of barbiturate groups is 1. The summed E-state index contributed by atoms with van der Waals surface area (Å²) in [6.45, 7) is -0.0511. The minimum absolute atomic E-state index is 0.0511. The predicted molar refractivity (Wildman–Crippen MR) is 92.9 cm³/mol. The number of carbonyl (C=O) groups is 3. The van der Waals surface area contributed by atoms with E-state index in [1.807, 2.05) is 12.1 Å². The van der Waals surface area contributed by atoms with E-state index < -0.39 is 17.8 Å². The number of nitrogens with zero attached hydrogens (tertiary/aromatic N) is 1. The lowest BCUT2D eigenvalue weighted by molar-refractivity contribution is -0.130. The van der Waals surface area contributed by atoms with Crippen LogP contribution in [0, 0.1) is 0 Å². The fraction of sp³-hybridized carbons (Fsp3) is 0.105. The van der Waals surface area contributed by atoms with Gasteiger partial charge in [-0.15, -0.1) is 0 Å². The second-order valence-corrected chi connectivity index (χ2v) is 5.44. The van der Waals surface area contributed by atoms with Crippen LogP contribution in [0.5, 0.6) is 5.75 Å². The molecule has 7 heteroatoms. The van der Waals surface area contributed by atoms with E-state index in [9.17, 15) is 14.4 Å². The average Bonchev–Trinajstić information content (AvgIpc) is 3.15. The first-order chi connectivity index (χ1) is 12.6. The summed E-state index contributed by atoms with van der Waals surface area (Å²) in [5, 5.41) is 2.15. The van der Waals surface area contributed by atoms with Crippen molar-refractivity contribution in [2.24, 2.45) is 0 Å². The molecule has 1 aromatic carbocycles. The molecular weight excluding hydrogens is 336 g/mol. The maximum atomic E-state index is 12.5. The third-order valence-electron chi connectivity index (χ3n) is 3.75. The number of nitrogens with one attached hydrogen (secondary N) is 1. The standard InChI is InChI=1S/C19H16N2O5/c1-25-14-9-7-13(8-10-14)4-2-6-16-17(22)20-19(24)21(18(16)23)12-15-5-3-11-26-15/h2-11H,12H2,1H3,(H,20,22,24)/b4-2+,16-6+. The van der Waals surface area contributed by atoms with Crippen LogP contribution in [0.15, 0.2) is 64.8 Å². The molecule has 0 saturated carbocycles. The smallest absolute Gasteiger partial charge is 0.331 e. The van der Waals surface area contributed by atoms with Crippen LogP contribution in [0.2, 0.25) is 0 Å². The first-order valence-corrected chi connectivity index (χ1v) is 7.80. The highest BCUT2D eigenvalue weighted by Crippen LogP contribution is 2.16. The van der Waals surface area contributed by atoms with Crippen LogP contribution in [0.1, 0.15) is 11.3 Å². The average molecular weight is 352 g/mol. The number of hydrogen-bond donors (Lipinski definition) is 1. The van der Waals surface area contributed by atoms with Gasteiger partial charge in [-0.1, -0.05) is 24.3 Å². The molecule has 0 atom stereocenters. The lowest BCUT2D eigenvalue weighted by Gasteiger charge is -2.25. The predicted octanol–water partition coefficient (Wildman–Crippen LogP) is 2.51. The number of amides is 4. The van der Waals surface area contributed by atoms with E-state index in [4.69, 9.17) is 9.15 Å². The van der Waals surface area contributed by atoms with E-state index in [1.165, 1.54) is 12.3 Å². The Hall–Kier alpha value is -3.61. The van der Waals surface area contributed by atoms with Crippen molar-refractivity contribution in [1.29, 1.82) is 0 Å². The third kappa shape index (κ3) is 3.72. The molecule has 7 nitrogen and oxygen atoms in total. The van der Waals surface area contributed by atoms with Gasteiger partial charge in [-0.2, -0.15) is 0 Å². The quantitative estimate of drug-likeness (QED) is 0.660. The Morgan fingerprint density at radius 1 is 1.15 bits per heavy atom. The van der Waals surface area contributed by atoms with E-state index in [-0.39, 0.29) is 12.1 Å². The lowest BCUT2D eigenvalue weighted by Crippen LogP contribution is -2.53. The molecule has 2 heterocycles. The Balaban J connectivity index is 1.76. The first-order valence-electron chi connectivity index (χ1n) is 7.80. The summed E-state index contributed by atoms with van der Waals surface area (Å²) in [4.78, 5) is 37.3. The Kier molecular flexibility index (Phi) is 4.98. The molecule has 4 amide bonds.